The molecule has 16 heavy (non-hydrogen) atoms. The van der Waals surface area contributed by atoms with Crippen LogP contribution in [-0.2, 0) is 6.42 Å². The molecule has 0 radical (unpaired) electrons. The number of aromatic nitrogens is 2. The lowest BCUT2D eigenvalue weighted by atomic mass is 10.1. The van der Waals surface area contributed by atoms with Gasteiger partial charge < -0.3 is 10.3 Å². The van der Waals surface area contributed by atoms with Crippen LogP contribution in [0.25, 0.3) is 0 Å². The lowest BCUT2D eigenvalue weighted by molar-refractivity contribution is 0.370. The Morgan fingerprint density at radius 2 is 2.06 bits per heavy atom. The largest absolute Gasteiger partial charge is 0.339 e. The lowest BCUT2D eigenvalue weighted by Crippen LogP contribution is -2.13. The number of hydrogen-bond donors (Lipinski definition) is 1. The SMILES string of the molecule is CCCc1nc(C(N)c2ccccc2)no1. The van der Waals surface area contributed by atoms with E-state index in [-0.39, 0.29) is 6.04 Å². The summed E-state index contributed by atoms with van der Waals surface area (Å²) in [4.78, 5) is 4.27. The van der Waals surface area contributed by atoms with Crippen molar-refractivity contribution in [2.45, 2.75) is 25.8 Å². The summed E-state index contributed by atoms with van der Waals surface area (Å²) in [7, 11) is 0. The molecule has 84 valence electrons. The Bertz CT molecular complexity index is 439. The van der Waals surface area contributed by atoms with Crippen molar-refractivity contribution in [1.29, 1.82) is 0 Å². The summed E-state index contributed by atoms with van der Waals surface area (Å²) < 4.78 is 5.11. The Kier molecular flexibility index (Phi) is 3.31. The van der Waals surface area contributed by atoms with Crippen molar-refractivity contribution in [3.05, 3.63) is 47.6 Å². The van der Waals surface area contributed by atoms with Gasteiger partial charge in [0.2, 0.25) is 5.89 Å². The van der Waals surface area contributed by atoms with Crippen molar-refractivity contribution in [3.8, 4) is 0 Å². The molecule has 4 heteroatoms. The first-order chi connectivity index (χ1) is 7.81. The normalized spacial score (nSPS) is 12.6. The van der Waals surface area contributed by atoms with E-state index in [4.69, 9.17) is 10.3 Å². The van der Waals surface area contributed by atoms with Gasteiger partial charge in [0.25, 0.3) is 0 Å². The average molecular weight is 217 g/mol. The van der Waals surface area contributed by atoms with Gasteiger partial charge in [0.15, 0.2) is 5.82 Å². The average Bonchev–Trinajstić information content (AvgIpc) is 2.78. The Morgan fingerprint density at radius 3 is 2.75 bits per heavy atom. The molecule has 1 aromatic heterocycles. The smallest absolute Gasteiger partial charge is 0.226 e. The zero-order chi connectivity index (χ0) is 11.4. The lowest BCUT2D eigenvalue weighted by Gasteiger charge is -2.05. The second-order valence-corrected chi connectivity index (χ2v) is 3.68. The summed E-state index contributed by atoms with van der Waals surface area (Å²) in [6.45, 7) is 2.07. The molecule has 0 aliphatic heterocycles. The monoisotopic (exact) mass is 217 g/mol. The standard InChI is InChI=1S/C12H15N3O/c1-2-6-10-14-12(15-16-10)11(13)9-7-4-3-5-8-9/h3-5,7-8,11H,2,6,13H2,1H3. The second-order valence-electron chi connectivity index (χ2n) is 3.68. The molecule has 1 unspecified atom stereocenters. The van der Waals surface area contributed by atoms with Crippen LogP contribution >= 0.6 is 0 Å². The van der Waals surface area contributed by atoms with Crippen LogP contribution in [0.15, 0.2) is 34.9 Å². The summed E-state index contributed by atoms with van der Waals surface area (Å²) in [5.41, 5.74) is 7.03. The fourth-order valence-corrected chi connectivity index (χ4v) is 1.52. The van der Waals surface area contributed by atoms with Gasteiger partial charge in [0.05, 0.1) is 6.04 Å². The van der Waals surface area contributed by atoms with Crippen LogP contribution in [0.2, 0.25) is 0 Å². The molecule has 0 fully saturated rings. The van der Waals surface area contributed by atoms with Gasteiger partial charge in [-0.15, -0.1) is 0 Å². The van der Waals surface area contributed by atoms with E-state index in [1.165, 1.54) is 0 Å². The van der Waals surface area contributed by atoms with E-state index in [9.17, 15) is 0 Å². The predicted molar refractivity (Wildman–Crippen MR) is 60.8 cm³/mol. The Balaban J connectivity index is 2.17. The molecule has 2 rings (SSSR count). The van der Waals surface area contributed by atoms with E-state index in [1.807, 2.05) is 30.3 Å². The molecule has 1 atom stereocenters. The van der Waals surface area contributed by atoms with E-state index in [1.54, 1.807) is 0 Å². The Morgan fingerprint density at radius 1 is 1.31 bits per heavy atom. The molecular weight excluding hydrogens is 202 g/mol. The molecule has 4 nitrogen and oxygen atoms in total. The number of aryl methyl sites for hydroxylation is 1. The fourth-order valence-electron chi connectivity index (χ4n) is 1.52. The number of rotatable bonds is 4. The Labute approximate surface area is 94.5 Å². The van der Waals surface area contributed by atoms with Crippen LogP contribution in [0.3, 0.4) is 0 Å². The minimum absolute atomic E-state index is 0.310. The second kappa shape index (κ2) is 4.90. The number of nitrogens with zero attached hydrogens (tertiary/aromatic N) is 2. The highest BCUT2D eigenvalue weighted by Gasteiger charge is 2.15. The van der Waals surface area contributed by atoms with Crippen LogP contribution < -0.4 is 5.73 Å². The first kappa shape index (κ1) is 10.8. The van der Waals surface area contributed by atoms with Gasteiger partial charge in [-0.1, -0.05) is 42.4 Å². The van der Waals surface area contributed by atoms with E-state index >= 15 is 0 Å². The van der Waals surface area contributed by atoms with Crippen LogP contribution in [0, 0.1) is 0 Å². The molecule has 0 bridgehead atoms. The highest BCUT2D eigenvalue weighted by atomic mass is 16.5. The molecule has 0 saturated carbocycles. The maximum atomic E-state index is 6.04. The molecular formula is C12H15N3O. The van der Waals surface area contributed by atoms with Crippen molar-refractivity contribution >= 4 is 0 Å². The summed E-state index contributed by atoms with van der Waals surface area (Å²) in [5, 5.41) is 3.90. The van der Waals surface area contributed by atoms with E-state index < -0.39 is 0 Å². The van der Waals surface area contributed by atoms with E-state index in [0.717, 1.165) is 18.4 Å². The van der Waals surface area contributed by atoms with Gasteiger partial charge in [-0.05, 0) is 12.0 Å². The molecule has 1 heterocycles. The van der Waals surface area contributed by atoms with Gasteiger partial charge in [-0.2, -0.15) is 4.98 Å². The molecule has 0 aliphatic carbocycles. The quantitative estimate of drug-likeness (QED) is 0.851. The van der Waals surface area contributed by atoms with Crippen LogP contribution in [0.4, 0.5) is 0 Å². The third-order valence-electron chi connectivity index (χ3n) is 2.38. The highest BCUT2D eigenvalue weighted by Crippen LogP contribution is 2.16. The maximum absolute atomic E-state index is 6.04. The summed E-state index contributed by atoms with van der Waals surface area (Å²) in [6, 6.07) is 9.45. The van der Waals surface area contributed by atoms with Gasteiger partial charge in [0.1, 0.15) is 0 Å². The first-order valence-corrected chi connectivity index (χ1v) is 5.44. The van der Waals surface area contributed by atoms with Gasteiger partial charge in [0, 0.05) is 6.42 Å². The number of benzene rings is 1. The molecule has 0 saturated heterocycles. The van der Waals surface area contributed by atoms with Crippen molar-refractivity contribution in [2.24, 2.45) is 5.73 Å². The van der Waals surface area contributed by atoms with Gasteiger partial charge in [-0.25, -0.2) is 0 Å². The van der Waals surface area contributed by atoms with Gasteiger partial charge >= 0.3 is 0 Å². The van der Waals surface area contributed by atoms with Crippen molar-refractivity contribution in [1.82, 2.24) is 10.1 Å². The molecule has 1 aromatic carbocycles. The minimum atomic E-state index is -0.310. The van der Waals surface area contributed by atoms with Crippen LogP contribution in [-0.4, -0.2) is 10.1 Å². The van der Waals surface area contributed by atoms with Crippen LogP contribution in [0.5, 0.6) is 0 Å². The molecule has 0 aliphatic rings. The fraction of sp³-hybridized carbons (Fsp3) is 0.333. The summed E-state index contributed by atoms with van der Waals surface area (Å²) in [6.07, 6.45) is 1.79. The topological polar surface area (TPSA) is 64.9 Å². The number of hydrogen-bond acceptors (Lipinski definition) is 4. The van der Waals surface area contributed by atoms with Crippen molar-refractivity contribution in [2.75, 3.05) is 0 Å². The van der Waals surface area contributed by atoms with Crippen molar-refractivity contribution < 1.29 is 4.52 Å². The van der Waals surface area contributed by atoms with E-state index in [0.29, 0.717) is 11.7 Å². The third-order valence-corrected chi connectivity index (χ3v) is 2.38. The zero-order valence-corrected chi connectivity index (χ0v) is 9.26. The molecule has 0 amide bonds. The molecule has 2 N–H and O–H groups in total. The summed E-state index contributed by atoms with van der Waals surface area (Å²) >= 11 is 0. The molecule has 2 aromatic rings. The third kappa shape index (κ3) is 2.28. The predicted octanol–water partition coefficient (Wildman–Crippen LogP) is 2.07. The van der Waals surface area contributed by atoms with E-state index in [2.05, 4.69) is 17.1 Å². The maximum Gasteiger partial charge on any atom is 0.226 e. The first-order valence-electron chi connectivity index (χ1n) is 5.44. The van der Waals surface area contributed by atoms with Gasteiger partial charge in [-0.3, -0.25) is 0 Å². The van der Waals surface area contributed by atoms with Crippen LogP contribution in [0.1, 0.15) is 36.7 Å². The highest BCUT2D eigenvalue weighted by molar-refractivity contribution is 5.23. The Hall–Kier alpha value is -1.68. The summed E-state index contributed by atoms with van der Waals surface area (Å²) in [5.74, 6) is 1.21. The minimum Gasteiger partial charge on any atom is -0.339 e. The molecule has 0 spiro atoms. The zero-order valence-electron chi connectivity index (χ0n) is 9.26. The van der Waals surface area contributed by atoms with Crippen molar-refractivity contribution in [3.63, 3.8) is 0 Å². The number of nitrogens with two attached hydrogens (primary N) is 1.